The van der Waals surface area contributed by atoms with E-state index in [0.717, 1.165) is 10.6 Å². The highest BCUT2D eigenvalue weighted by molar-refractivity contribution is 7.98. The van der Waals surface area contributed by atoms with Gasteiger partial charge in [-0.05, 0) is 32.4 Å². The summed E-state index contributed by atoms with van der Waals surface area (Å²) in [5, 5.41) is 11.5. The molecule has 0 spiro atoms. The number of carboxylic acids is 1. The van der Waals surface area contributed by atoms with E-state index >= 15 is 0 Å². The Morgan fingerprint density at radius 3 is 2.57 bits per heavy atom. The number of hydrogen-bond donors (Lipinski definition) is 2. The van der Waals surface area contributed by atoms with E-state index in [1.54, 1.807) is 30.6 Å². The van der Waals surface area contributed by atoms with Gasteiger partial charge in [-0.15, -0.1) is 24.2 Å². The first-order valence-corrected chi connectivity index (χ1v) is 7.54. The number of likely N-dealkylation sites (N-methyl/N-ethyl adjacent to an activating group) is 1. The Labute approximate surface area is 135 Å². The molecule has 0 saturated heterocycles. The molecular formula is C14H21ClN2O3S. The summed E-state index contributed by atoms with van der Waals surface area (Å²) in [6.45, 7) is 2.10. The highest BCUT2D eigenvalue weighted by Gasteiger charge is 2.19. The van der Waals surface area contributed by atoms with Crippen LogP contribution in [-0.2, 0) is 9.59 Å². The number of carboxylic acid groups (broad SMARTS) is 1. The number of amides is 1. The Morgan fingerprint density at radius 1 is 1.38 bits per heavy atom. The Hall–Kier alpha value is -1.24. The number of halogens is 1. The number of para-hydroxylation sites is 1. The first kappa shape index (κ1) is 19.8. The fourth-order valence-corrected chi connectivity index (χ4v) is 2.20. The molecule has 0 fully saturated rings. The second-order valence-electron chi connectivity index (χ2n) is 4.49. The molecule has 1 amide bonds. The number of rotatable bonds is 7. The van der Waals surface area contributed by atoms with E-state index in [1.165, 1.54) is 0 Å². The molecule has 1 rings (SSSR count). The van der Waals surface area contributed by atoms with E-state index in [4.69, 9.17) is 5.11 Å². The third-order valence-electron chi connectivity index (χ3n) is 3.08. The largest absolute Gasteiger partial charge is 0.481 e. The quantitative estimate of drug-likeness (QED) is 0.751. The molecule has 21 heavy (non-hydrogen) atoms. The summed E-state index contributed by atoms with van der Waals surface area (Å²) in [6, 6.07) is 7.20. The van der Waals surface area contributed by atoms with Gasteiger partial charge in [0.2, 0.25) is 5.91 Å². The zero-order valence-corrected chi connectivity index (χ0v) is 14.0. The van der Waals surface area contributed by atoms with Crippen LogP contribution < -0.4 is 5.32 Å². The number of anilines is 1. The van der Waals surface area contributed by atoms with Crippen molar-refractivity contribution >= 4 is 41.7 Å². The lowest BCUT2D eigenvalue weighted by atomic mass is 10.2. The van der Waals surface area contributed by atoms with E-state index in [0.29, 0.717) is 6.54 Å². The second kappa shape index (κ2) is 9.65. The average molecular weight is 333 g/mol. The van der Waals surface area contributed by atoms with Crippen LogP contribution in [0, 0.1) is 0 Å². The molecule has 1 aromatic carbocycles. The van der Waals surface area contributed by atoms with Crippen molar-refractivity contribution in [3.63, 3.8) is 0 Å². The Morgan fingerprint density at radius 2 is 2.00 bits per heavy atom. The number of aliphatic carboxylic acids is 1. The number of hydrogen-bond acceptors (Lipinski definition) is 4. The summed E-state index contributed by atoms with van der Waals surface area (Å²) < 4.78 is 0. The SMILES string of the molecule is CSc1ccccc1NC(=O)C(C)N(C)CCC(=O)O.Cl. The molecule has 2 N–H and O–H groups in total. The van der Waals surface area contributed by atoms with Gasteiger partial charge < -0.3 is 10.4 Å². The molecule has 0 aliphatic rings. The number of carbonyl (C=O) groups is 2. The molecule has 1 unspecified atom stereocenters. The summed E-state index contributed by atoms with van der Waals surface area (Å²) in [4.78, 5) is 25.4. The molecule has 7 heteroatoms. The Kier molecular flexibility index (Phi) is 9.08. The van der Waals surface area contributed by atoms with Crippen molar-refractivity contribution in [3.8, 4) is 0 Å². The average Bonchev–Trinajstić information content (AvgIpc) is 2.44. The van der Waals surface area contributed by atoms with Gasteiger partial charge in [-0.2, -0.15) is 0 Å². The van der Waals surface area contributed by atoms with Crippen LogP contribution in [0.1, 0.15) is 13.3 Å². The highest BCUT2D eigenvalue weighted by atomic mass is 35.5. The van der Waals surface area contributed by atoms with E-state index in [2.05, 4.69) is 5.32 Å². The van der Waals surface area contributed by atoms with Gasteiger partial charge in [0.05, 0.1) is 18.2 Å². The number of benzene rings is 1. The zero-order valence-electron chi connectivity index (χ0n) is 12.3. The fraction of sp³-hybridized carbons (Fsp3) is 0.429. The molecule has 0 saturated carbocycles. The standard InChI is InChI=1S/C14H20N2O3S.ClH/c1-10(16(2)9-8-13(17)18)14(19)15-11-6-4-5-7-12(11)20-3;/h4-7,10H,8-9H2,1-3H3,(H,15,19)(H,17,18);1H. The van der Waals surface area contributed by atoms with Gasteiger partial charge in [-0.25, -0.2) is 0 Å². The van der Waals surface area contributed by atoms with Crippen molar-refractivity contribution in [1.29, 1.82) is 0 Å². The number of carbonyl (C=O) groups excluding carboxylic acids is 1. The number of nitrogens with zero attached hydrogens (tertiary/aromatic N) is 1. The van der Waals surface area contributed by atoms with Crippen LogP contribution >= 0.6 is 24.2 Å². The lowest BCUT2D eigenvalue weighted by Crippen LogP contribution is -2.40. The molecule has 0 aliphatic carbocycles. The molecule has 0 bridgehead atoms. The van der Waals surface area contributed by atoms with Crippen LogP contribution in [0.5, 0.6) is 0 Å². The molecule has 0 aromatic heterocycles. The minimum absolute atomic E-state index is 0. The minimum atomic E-state index is -0.864. The molecule has 0 radical (unpaired) electrons. The Bertz CT molecular complexity index is 485. The monoisotopic (exact) mass is 332 g/mol. The normalized spacial score (nSPS) is 11.6. The van der Waals surface area contributed by atoms with E-state index in [1.807, 2.05) is 30.5 Å². The summed E-state index contributed by atoms with van der Waals surface area (Å²) in [6.07, 6.45) is 1.98. The first-order valence-electron chi connectivity index (χ1n) is 6.31. The maximum Gasteiger partial charge on any atom is 0.304 e. The van der Waals surface area contributed by atoms with Crippen molar-refractivity contribution < 1.29 is 14.7 Å². The predicted octanol–water partition coefficient (Wildman–Crippen LogP) is 2.56. The van der Waals surface area contributed by atoms with E-state index in [-0.39, 0.29) is 30.8 Å². The summed E-state index contributed by atoms with van der Waals surface area (Å²) in [5.41, 5.74) is 0.781. The molecule has 1 atom stereocenters. The maximum absolute atomic E-state index is 12.2. The third kappa shape index (κ3) is 6.37. The lowest BCUT2D eigenvalue weighted by molar-refractivity contribution is -0.137. The first-order chi connectivity index (χ1) is 9.45. The van der Waals surface area contributed by atoms with Crippen LogP contribution in [0.15, 0.2) is 29.2 Å². The van der Waals surface area contributed by atoms with Crippen LogP contribution in [0.25, 0.3) is 0 Å². The number of thioether (sulfide) groups is 1. The van der Waals surface area contributed by atoms with Crippen LogP contribution in [0.3, 0.4) is 0 Å². The van der Waals surface area contributed by atoms with Gasteiger partial charge in [-0.1, -0.05) is 12.1 Å². The summed E-state index contributed by atoms with van der Waals surface area (Å²) in [5.74, 6) is -1.00. The van der Waals surface area contributed by atoms with Gasteiger partial charge in [0, 0.05) is 11.4 Å². The van der Waals surface area contributed by atoms with Gasteiger partial charge in [0.25, 0.3) is 0 Å². The maximum atomic E-state index is 12.2. The molecule has 118 valence electrons. The van der Waals surface area contributed by atoms with E-state index < -0.39 is 5.97 Å². The Balaban J connectivity index is 0.00000400. The summed E-state index contributed by atoms with van der Waals surface area (Å²) >= 11 is 1.57. The topological polar surface area (TPSA) is 69.6 Å². The zero-order chi connectivity index (χ0) is 15.1. The molecular weight excluding hydrogens is 312 g/mol. The minimum Gasteiger partial charge on any atom is -0.481 e. The van der Waals surface area contributed by atoms with Gasteiger partial charge >= 0.3 is 5.97 Å². The van der Waals surface area contributed by atoms with Crippen LogP contribution in [0.4, 0.5) is 5.69 Å². The highest BCUT2D eigenvalue weighted by Crippen LogP contribution is 2.24. The fourth-order valence-electron chi connectivity index (χ4n) is 1.65. The van der Waals surface area contributed by atoms with Crippen LogP contribution in [-0.4, -0.2) is 47.8 Å². The van der Waals surface area contributed by atoms with E-state index in [9.17, 15) is 9.59 Å². The molecule has 5 nitrogen and oxygen atoms in total. The number of nitrogens with one attached hydrogen (secondary N) is 1. The third-order valence-corrected chi connectivity index (χ3v) is 3.88. The van der Waals surface area contributed by atoms with Gasteiger partial charge in [0.15, 0.2) is 0 Å². The second-order valence-corrected chi connectivity index (χ2v) is 5.34. The molecule has 0 aliphatic heterocycles. The smallest absolute Gasteiger partial charge is 0.304 e. The van der Waals surface area contributed by atoms with Crippen molar-refractivity contribution in [2.24, 2.45) is 0 Å². The molecule has 0 heterocycles. The predicted molar refractivity (Wildman–Crippen MR) is 88.4 cm³/mol. The van der Waals surface area contributed by atoms with Gasteiger partial charge in [0.1, 0.15) is 0 Å². The summed E-state index contributed by atoms with van der Waals surface area (Å²) in [7, 11) is 1.74. The van der Waals surface area contributed by atoms with Crippen molar-refractivity contribution in [2.45, 2.75) is 24.3 Å². The van der Waals surface area contributed by atoms with Crippen molar-refractivity contribution in [2.75, 3.05) is 25.2 Å². The van der Waals surface area contributed by atoms with Crippen molar-refractivity contribution in [1.82, 2.24) is 4.90 Å². The lowest BCUT2D eigenvalue weighted by Gasteiger charge is -2.23. The molecule has 1 aromatic rings. The van der Waals surface area contributed by atoms with Crippen molar-refractivity contribution in [3.05, 3.63) is 24.3 Å². The van der Waals surface area contributed by atoms with Crippen LogP contribution in [0.2, 0.25) is 0 Å². The van der Waals surface area contributed by atoms with Gasteiger partial charge in [-0.3, -0.25) is 14.5 Å².